The lowest BCUT2D eigenvalue weighted by molar-refractivity contribution is 0.0999. The van der Waals surface area contributed by atoms with Gasteiger partial charge in [-0.25, -0.2) is 0 Å². The molecule has 2 nitrogen and oxygen atoms in total. The summed E-state index contributed by atoms with van der Waals surface area (Å²) >= 11 is 5.96. The van der Waals surface area contributed by atoms with E-state index >= 15 is 0 Å². The van der Waals surface area contributed by atoms with Crippen LogP contribution in [0.15, 0.2) is 18.2 Å². The minimum absolute atomic E-state index is 0.205. The van der Waals surface area contributed by atoms with Gasteiger partial charge in [0, 0.05) is 10.6 Å². The Labute approximate surface area is 82.7 Å². The Hall–Kier alpha value is -1.02. The van der Waals surface area contributed by atoms with Gasteiger partial charge in [-0.3, -0.25) is 4.79 Å². The minimum atomic E-state index is -0.425. The van der Waals surface area contributed by atoms with E-state index in [1.165, 1.54) is 0 Å². The van der Waals surface area contributed by atoms with Gasteiger partial charge in [0.05, 0.1) is 0 Å². The molecule has 0 saturated carbocycles. The Morgan fingerprint density at radius 3 is 2.46 bits per heavy atom. The number of nitrogens with two attached hydrogens (primary N) is 1. The maximum atomic E-state index is 11.0. The predicted octanol–water partition coefficient (Wildman–Crippen LogP) is 2.56. The highest BCUT2D eigenvalue weighted by molar-refractivity contribution is 6.32. The van der Waals surface area contributed by atoms with E-state index in [0.717, 1.165) is 5.56 Å². The molecule has 0 radical (unpaired) electrons. The van der Waals surface area contributed by atoms with Gasteiger partial charge in [-0.2, -0.15) is 0 Å². The lowest BCUT2D eigenvalue weighted by Gasteiger charge is -2.11. The summed E-state index contributed by atoms with van der Waals surface area (Å²) in [7, 11) is 0. The Morgan fingerprint density at radius 2 is 2.08 bits per heavy atom. The molecule has 0 unspecified atom stereocenters. The van der Waals surface area contributed by atoms with Crippen molar-refractivity contribution in [3.8, 4) is 0 Å². The van der Waals surface area contributed by atoms with Crippen LogP contribution in [0.2, 0.25) is 5.02 Å². The summed E-state index contributed by atoms with van der Waals surface area (Å²) in [5.74, 6) is -0.220. The number of hydrogen-bond donors (Lipinski definition) is 1. The molecule has 13 heavy (non-hydrogen) atoms. The van der Waals surface area contributed by atoms with Crippen molar-refractivity contribution >= 4 is 17.5 Å². The van der Waals surface area contributed by atoms with Crippen molar-refractivity contribution in [2.45, 2.75) is 19.8 Å². The molecule has 0 aromatic heterocycles. The zero-order valence-electron chi connectivity index (χ0n) is 7.67. The normalized spacial score (nSPS) is 10.5. The first-order valence-corrected chi connectivity index (χ1v) is 4.50. The Morgan fingerprint density at radius 1 is 1.46 bits per heavy atom. The summed E-state index contributed by atoms with van der Waals surface area (Å²) in [6.07, 6.45) is 0. The van der Waals surface area contributed by atoms with Gasteiger partial charge >= 0.3 is 0 Å². The summed E-state index contributed by atoms with van der Waals surface area (Å²) in [6, 6.07) is 5.20. The van der Waals surface area contributed by atoms with E-state index in [4.69, 9.17) is 17.3 Å². The van der Waals surface area contributed by atoms with E-state index < -0.39 is 5.91 Å². The second-order valence-electron chi connectivity index (χ2n) is 3.22. The fourth-order valence-corrected chi connectivity index (χ4v) is 1.73. The van der Waals surface area contributed by atoms with Crippen molar-refractivity contribution < 1.29 is 4.79 Å². The second kappa shape index (κ2) is 3.79. The smallest absolute Gasteiger partial charge is 0.249 e. The van der Waals surface area contributed by atoms with Crippen molar-refractivity contribution in [2.24, 2.45) is 5.73 Å². The number of primary amides is 1. The van der Waals surface area contributed by atoms with Crippen LogP contribution in [0.1, 0.15) is 35.7 Å². The zero-order valence-corrected chi connectivity index (χ0v) is 8.43. The lowest BCUT2D eigenvalue weighted by atomic mass is 9.97. The molecule has 1 aromatic carbocycles. The molecule has 1 aromatic rings. The van der Waals surface area contributed by atoms with Crippen LogP contribution >= 0.6 is 11.6 Å². The molecule has 0 spiro atoms. The second-order valence-corrected chi connectivity index (χ2v) is 3.63. The van der Waals surface area contributed by atoms with E-state index in [2.05, 4.69) is 0 Å². The number of halogens is 1. The molecule has 1 rings (SSSR count). The SMILES string of the molecule is CC(C)c1c(Cl)cccc1C(N)=O. The van der Waals surface area contributed by atoms with Crippen LogP contribution in [-0.4, -0.2) is 5.91 Å². The Bertz CT molecular complexity index is 334. The molecule has 0 saturated heterocycles. The molecular formula is C10H12ClNO. The summed E-state index contributed by atoms with van der Waals surface area (Å²) < 4.78 is 0. The first kappa shape index (κ1) is 10.1. The molecule has 3 heteroatoms. The van der Waals surface area contributed by atoms with Crippen LogP contribution in [0, 0.1) is 0 Å². The molecule has 0 heterocycles. The molecule has 2 N–H and O–H groups in total. The zero-order chi connectivity index (χ0) is 10.0. The van der Waals surface area contributed by atoms with Gasteiger partial charge in [0.15, 0.2) is 0 Å². The molecule has 0 aliphatic heterocycles. The third-order valence-corrected chi connectivity index (χ3v) is 2.23. The van der Waals surface area contributed by atoms with Crippen molar-refractivity contribution in [3.63, 3.8) is 0 Å². The first-order chi connectivity index (χ1) is 6.04. The topological polar surface area (TPSA) is 43.1 Å². The number of amides is 1. The highest BCUT2D eigenvalue weighted by atomic mass is 35.5. The molecule has 0 bridgehead atoms. The van der Waals surface area contributed by atoms with Gasteiger partial charge in [0.2, 0.25) is 5.91 Å². The molecule has 0 aliphatic carbocycles. The number of benzene rings is 1. The van der Waals surface area contributed by atoms with Gasteiger partial charge in [-0.15, -0.1) is 0 Å². The van der Waals surface area contributed by atoms with Gasteiger partial charge in [-0.05, 0) is 23.6 Å². The quantitative estimate of drug-likeness (QED) is 0.778. The number of carbonyl (C=O) groups is 1. The number of rotatable bonds is 2. The average Bonchev–Trinajstić information content (AvgIpc) is 2.02. The fraction of sp³-hybridized carbons (Fsp3) is 0.300. The van der Waals surface area contributed by atoms with E-state index in [9.17, 15) is 4.79 Å². The molecule has 0 atom stereocenters. The van der Waals surface area contributed by atoms with E-state index in [1.807, 2.05) is 13.8 Å². The van der Waals surface area contributed by atoms with E-state index in [-0.39, 0.29) is 5.92 Å². The lowest BCUT2D eigenvalue weighted by Crippen LogP contribution is -2.14. The van der Waals surface area contributed by atoms with Gasteiger partial charge in [0.1, 0.15) is 0 Å². The highest BCUT2D eigenvalue weighted by Gasteiger charge is 2.13. The largest absolute Gasteiger partial charge is 0.366 e. The van der Waals surface area contributed by atoms with Crippen LogP contribution in [0.25, 0.3) is 0 Å². The molecule has 0 aliphatic rings. The van der Waals surface area contributed by atoms with Gasteiger partial charge in [-0.1, -0.05) is 31.5 Å². The summed E-state index contributed by atoms with van der Waals surface area (Å²) in [4.78, 5) is 11.0. The maximum Gasteiger partial charge on any atom is 0.249 e. The third-order valence-electron chi connectivity index (χ3n) is 1.90. The highest BCUT2D eigenvalue weighted by Crippen LogP contribution is 2.27. The van der Waals surface area contributed by atoms with Crippen molar-refractivity contribution in [2.75, 3.05) is 0 Å². The van der Waals surface area contributed by atoms with Crippen molar-refractivity contribution in [1.29, 1.82) is 0 Å². The predicted molar refractivity (Wildman–Crippen MR) is 54.1 cm³/mol. The molecular weight excluding hydrogens is 186 g/mol. The summed E-state index contributed by atoms with van der Waals surface area (Å²) in [5, 5.41) is 0.603. The van der Waals surface area contributed by atoms with Gasteiger partial charge in [0.25, 0.3) is 0 Å². The molecule has 70 valence electrons. The summed E-state index contributed by atoms with van der Waals surface area (Å²) in [5.41, 5.74) is 6.57. The van der Waals surface area contributed by atoms with Crippen molar-refractivity contribution in [3.05, 3.63) is 34.3 Å². The fourth-order valence-electron chi connectivity index (χ4n) is 1.34. The van der Waals surface area contributed by atoms with Crippen LogP contribution in [0.3, 0.4) is 0 Å². The first-order valence-electron chi connectivity index (χ1n) is 4.12. The number of carbonyl (C=O) groups excluding carboxylic acids is 1. The number of hydrogen-bond acceptors (Lipinski definition) is 1. The van der Waals surface area contributed by atoms with Crippen LogP contribution in [0.4, 0.5) is 0 Å². The Kier molecular flexibility index (Phi) is 2.94. The molecule has 1 amide bonds. The van der Waals surface area contributed by atoms with Crippen molar-refractivity contribution in [1.82, 2.24) is 0 Å². The van der Waals surface area contributed by atoms with E-state index in [1.54, 1.807) is 18.2 Å². The Balaban J connectivity index is 3.34. The van der Waals surface area contributed by atoms with Crippen LogP contribution < -0.4 is 5.73 Å². The van der Waals surface area contributed by atoms with Gasteiger partial charge < -0.3 is 5.73 Å². The third kappa shape index (κ3) is 2.01. The molecule has 0 fully saturated rings. The monoisotopic (exact) mass is 197 g/mol. The average molecular weight is 198 g/mol. The standard InChI is InChI=1S/C10H12ClNO/c1-6(2)9-7(10(12)13)4-3-5-8(9)11/h3-6H,1-2H3,(H2,12,13). The van der Waals surface area contributed by atoms with Crippen LogP contribution in [-0.2, 0) is 0 Å². The minimum Gasteiger partial charge on any atom is -0.366 e. The van der Waals surface area contributed by atoms with E-state index in [0.29, 0.717) is 10.6 Å². The van der Waals surface area contributed by atoms with Crippen LogP contribution in [0.5, 0.6) is 0 Å². The summed E-state index contributed by atoms with van der Waals surface area (Å²) in [6.45, 7) is 3.96. The maximum absolute atomic E-state index is 11.0.